The second-order valence-electron chi connectivity index (χ2n) is 14.2. The van der Waals surface area contributed by atoms with Gasteiger partial charge in [0.25, 0.3) is 0 Å². The topological polar surface area (TPSA) is 129 Å². The summed E-state index contributed by atoms with van der Waals surface area (Å²) in [6, 6.07) is 11.7. The average molecular weight is 682 g/mol. The van der Waals surface area contributed by atoms with Crippen LogP contribution in [0.25, 0.3) is 0 Å². The van der Waals surface area contributed by atoms with Gasteiger partial charge < -0.3 is 35.2 Å². The molecule has 1 saturated carbocycles. The first-order chi connectivity index (χ1) is 23.3. The van der Waals surface area contributed by atoms with Crippen LogP contribution in [-0.4, -0.2) is 84.7 Å². The lowest BCUT2D eigenvalue weighted by molar-refractivity contribution is -0.135. The van der Waals surface area contributed by atoms with Gasteiger partial charge in [0.15, 0.2) is 0 Å². The van der Waals surface area contributed by atoms with Gasteiger partial charge in [0.2, 0.25) is 11.8 Å². The largest absolute Gasteiger partial charge is 0.445 e. The van der Waals surface area contributed by atoms with Crippen molar-refractivity contribution in [2.75, 3.05) is 38.5 Å². The number of ether oxygens (including phenoxy) is 2. The van der Waals surface area contributed by atoms with Crippen molar-refractivity contribution in [3.63, 3.8) is 0 Å². The zero-order chi connectivity index (χ0) is 35.6. The van der Waals surface area contributed by atoms with Gasteiger partial charge >= 0.3 is 12.2 Å². The summed E-state index contributed by atoms with van der Waals surface area (Å²) < 4.78 is 26.6. The summed E-state index contributed by atoms with van der Waals surface area (Å²) in [7, 11) is 1.98. The van der Waals surface area contributed by atoms with Crippen LogP contribution in [0, 0.1) is 11.7 Å². The molecule has 2 aliphatic rings. The van der Waals surface area contributed by atoms with Crippen LogP contribution in [0.1, 0.15) is 83.3 Å². The number of anilines is 1. The Labute approximate surface area is 289 Å². The van der Waals surface area contributed by atoms with Crippen molar-refractivity contribution >= 4 is 29.7 Å². The summed E-state index contributed by atoms with van der Waals surface area (Å²) in [6.45, 7) is 9.41. The number of likely N-dealkylation sites (N-methyl/N-ethyl adjacent to an activating group) is 1. The molecule has 1 aliphatic heterocycles. The first-order valence-electron chi connectivity index (χ1n) is 17.3. The highest BCUT2D eigenvalue weighted by molar-refractivity contribution is 5.97. The minimum atomic E-state index is -1.01. The number of alkyl carbamates (subject to hydrolysis) is 2. The second kappa shape index (κ2) is 17.5. The summed E-state index contributed by atoms with van der Waals surface area (Å²) in [5, 5.41) is 8.17. The Bertz CT molecular complexity index is 1420. The van der Waals surface area contributed by atoms with Crippen molar-refractivity contribution in [2.45, 2.75) is 96.4 Å². The molecule has 49 heavy (non-hydrogen) atoms. The molecule has 2 aromatic carbocycles. The molecule has 268 valence electrons. The van der Waals surface area contributed by atoms with E-state index in [4.69, 9.17) is 9.47 Å². The molecule has 4 amide bonds. The van der Waals surface area contributed by atoms with E-state index >= 15 is 4.39 Å². The van der Waals surface area contributed by atoms with E-state index in [1.165, 1.54) is 12.1 Å². The van der Waals surface area contributed by atoms with Crippen molar-refractivity contribution < 1.29 is 33.0 Å². The van der Waals surface area contributed by atoms with Gasteiger partial charge in [0.1, 0.15) is 30.1 Å². The van der Waals surface area contributed by atoms with E-state index in [1.54, 1.807) is 38.7 Å². The second-order valence-corrected chi connectivity index (χ2v) is 14.2. The smallest absolute Gasteiger partial charge is 0.408 e. The standard InChI is InChI=1S/C37H52FN5O6/c1-25(31(40-36(47)49-37(2,3)4)34(45)43-21-19-42(5)20-22-43)28-17-18-30(29(38)23-28)39-33(44)32(27-15-11-6-7-12-16-27)41-35(46)48-24-26-13-9-8-10-14-26/h8-10,13-14,17-18,23,25,27,31-32H,6-7,11-12,15-16,19-22,24H2,1-5H3,(H,39,44)(H,40,47)(H,41,46). The van der Waals surface area contributed by atoms with Crippen LogP contribution in [-0.2, 0) is 25.7 Å². The Hall–Kier alpha value is -4.19. The fraction of sp³-hybridized carbons (Fsp3) is 0.568. The lowest BCUT2D eigenvalue weighted by Crippen LogP contribution is -2.56. The van der Waals surface area contributed by atoms with Crippen molar-refractivity contribution in [3.05, 3.63) is 65.5 Å². The van der Waals surface area contributed by atoms with Crippen LogP contribution in [0.3, 0.4) is 0 Å². The number of hydrogen-bond donors (Lipinski definition) is 3. The van der Waals surface area contributed by atoms with Crippen molar-refractivity contribution in [1.82, 2.24) is 20.4 Å². The molecule has 11 nitrogen and oxygen atoms in total. The molecule has 3 N–H and O–H groups in total. The molecule has 3 unspecified atom stereocenters. The summed E-state index contributed by atoms with van der Waals surface area (Å²) in [5.74, 6) is -2.26. The van der Waals surface area contributed by atoms with E-state index in [9.17, 15) is 19.2 Å². The molecule has 0 bridgehead atoms. The monoisotopic (exact) mass is 681 g/mol. The predicted octanol–water partition coefficient (Wildman–Crippen LogP) is 5.80. The molecule has 2 aromatic rings. The lowest BCUT2D eigenvalue weighted by atomic mass is 9.90. The number of hydrogen-bond acceptors (Lipinski definition) is 7. The van der Waals surface area contributed by atoms with Crippen LogP contribution >= 0.6 is 0 Å². The van der Waals surface area contributed by atoms with Gasteiger partial charge in [-0.3, -0.25) is 9.59 Å². The Morgan fingerprint density at radius 1 is 0.898 bits per heavy atom. The third-order valence-electron chi connectivity index (χ3n) is 9.17. The van der Waals surface area contributed by atoms with Crippen LogP contribution in [0.2, 0.25) is 0 Å². The SMILES string of the molecule is CC(c1ccc(NC(=O)C(NC(=O)OCc2ccccc2)C2CCCCCC2)c(F)c1)C(NC(=O)OC(C)(C)C)C(=O)N1CCN(C)CC1. The van der Waals surface area contributed by atoms with E-state index in [1.807, 2.05) is 37.4 Å². The van der Waals surface area contributed by atoms with Gasteiger partial charge in [-0.25, -0.2) is 14.0 Å². The lowest BCUT2D eigenvalue weighted by Gasteiger charge is -2.36. The van der Waals surface area contributed by atoms with Gasteiger partial charge in [0, 0.05) is 32.1 Å². The van der Waals surface area contributed by atoms with Gasteiger partial charge in [-0.1, -0.05) is 69.0 Å². The number of rotatable bonds is 10. The molecule has 1 aliphatic carbocycles. The number of piperazine rings is 1. The van der Waals surface area contributed by atoms with E-state index in [-0.39, 0.29) is 24.1 Å². The first-order valence-corrected chi connectivity index (χ1v) is 17.3. The number of nitrogens with one attached hydrogen (secondary N) is 3. The first kappa shape index (κ1) is 37.6. The molecule has 1 saturated heterocycles. The molecule has 3 atom stereocenters. The third-order valence-corrected chi connectivity index (χ3v) is 9.17. The molecule has 0 radical (unpaired) electrons. The third kappa shape index (κ3) is 11.4. The Morgan fingerprint density at radius 3 is 2.16 bits per heavy atom. The highest BCUT2D eigenvalue weighted by Crippen LogP contribution is 2.29. The van der Waals surface area contributed by atoms with E-state index in [0.29, 0.717) is 31.7 Å². The fourth-order valence-corrected chi connectivity index (χ4v) is 6.31. The van der Waals surface area contributed by atoms with Gasteiger partial charge in [0.05, 0.1) is 5.69 Å². The van der Waals surface area contributed by atoms with Crippen LogP contribution in [0.4, 0.5) is 19.7 Å². The maximum atomic E-state index is 15.7. The highest BCUT2D eigenvalue weighted by atomic mass is 19.1. The number of halogens is 1. The number of nitrogens with zero attached hydrogens (tertiary/aromatic N) is 2. The van der Waals surface area contributed by atoms with Crippen LogP contribution < -0.4 is 16.0 Å². The molecule has 0 aromatic heterocycles. The van der Waals surface area contributed by atoms with Gasteiger partial charge in [-0.15, -0.1) is 0 Å². The number of amides is 4. The van der Waals surface area contributed by atoms with Gasteiger partial charge in [-0.2, -0.15) is 0 Å². The minimum absolute atomic E-state index is 0.0546. The quantitative estimate of drug-likeness (QED) is 0.271. The number of benzene rings is 2. The molecule has 12 heteroatoms. The number of carbonyl (C=O) groups is 4. The number of carbonyl (C=O) groups excluding carboxylic acids is 4. The van der Waals surface area contributed by atoms with Crippen molar-refractivity contribution in [3.8, 4) is 0 Å². The molecular formula is C37H52FN5O6. The zero-order valence-corrected chi connectivity index (χ0v) is 29.4. The zero-order valence-electron chi connectivity index (χ0n) is 29.4. The maximum Gasteiger partial charge on any atom is 0.408 e. The normalized spacial score (nSPS) is 18.0. The predicted molar refractivity (Wildman–Crippen MR) is 185 cm³/mol. The fourth-order valence-electron chi connectivity index (χ4n) is 6.31. The molecular weight excluding hydrogens is 629 g/mol. The highest BCUT2D eigenvalue weighted by Gasteiger charge is 2.35. The molecule has 4 rings (SSSR count). The van der Waals surface area contributed by atoms with Crippen LogP contribution in [0.5, 0.6) is 0 Å². The average Bonchev–Trinajstić information content (AvgIpc) is 3.35. The van der Waals surface area contributed by atoms with Crippen molar-refractivity contribution in [1.29, 1.82) is 0 Å². The molecule has 1 heterocycles. The Morgan fingerprint density at radius 2 is 1.55 bits per heavy atom. The van der Waals surface area contributed by atoms with E-state index < -0.39 is 47.5 Å². The summed E-state index contributed by atoms with van der Waals surface area (Å²) in [6.07, 6.45) is 4.02. The van der Waals surface area contributed by atoms with Crippen molar-refractivity contribution in [2.24, 2.45) is 5.92 Å². The van der Waals surface area contributed by atoms with Crippen LogP contribution in [0.15, 0.2) is 48.5 Å². The summed E-state index contributed by atoms with van der Waals surface area (Å²) >= 11 is 0. The van der Waals surface area contributed by atoms with E-state index in [0.717, 1.165) is 44.1 Å². The Kier molecular flexibility index (Phi) is 13.4. The minimum Gasteiger partial charge on any atom is -0.445 e. The summed E-state index contributed by atoms with van der Waals surface area (Å²) in [5.41, 5.74) is 0.448. The van der Waals surface area contributed by atoms with E-state index in [2.05, 4.69) is 20.9 Å². The maximum absolute atomic E-state index is 15.7. The molecule has 2 fully saturated rings. The Balaban J connectivity index is 1.49. The van der Waals surface area contributed by atoms with Gasteiger partial charge in [-0.05, 0) is 69.8 Å². The summed E-state index contributed by atoms with van der Waals surface area (Å²) in [4.78, 5) is 56.9. The molecule has 0 spiro atoms.